The molecular formula is C16H28N6O8S. The fraction of sp³-hybridized carbons (Fsp3) is 0.625. The fourth-order valence-corrected chi connectivity index (χ4v) is 2.40. The van der Waals surface area contributed by atoms with Crippen LogP contribution in [0.15, 0.2) is 0 Å². The van der Waals surface area contributed by atoms with Crippen molar-refractivity contribution < 1.29 is 39.0 Å². The van der Waals surface area contributed by atoms with E-state index in [1.54, 1.807) is 0 Å². The van der Waals surface area contributed by atoms with E-state index in [0.717, 1.165) is 0 Å². The summed E-state index contributed by atoms with van der Waals surface area (Å²) in [5.74, 6) is -6.27. The number of carboxylic acids is 1. The molecule has 0 rings (SSSR count). The Bertz CT molecular complexity index is 704. The molecule has 5 atom stereocenters. The molecule has 0 aromatic rings. The first-order valence-electron chi connectivity index (χ1n) is 9.05. The minimum atomic E-state index is -1.63. The van der Waals surface area contributed by atoms with Gasteiger partial charge in [-0.15, -0.1) is 0 Å². The predicted molar refractivity (Wildman–Crippen MR) is 109 cm³/mol. The lowest BCUT2D eigenvalue weighted by atomic mass is 10.1. The van der Waals surface area contributed by atoms with Crippen LogP contribution in [0.1, 0.15) is 26.2 Å². The van der Waals surface area contributed by atoms with Gasteiger partial charge in [0.1, 0.15) is 18.1 Å². The third kappa shape index (κ3) is 10.6. The largest absolute Gasteiger partial charge is 0.480 e. The van der Waals surface area contributed by atoms with Crippen LogP contribution in [0.4, 0.5) is 0 Å². The molecule has 31 heavy (non-hydrogen) atoms. The second-order valence-electron chi connectivity index (χ2n) is 6.65. The minimum absolute atomic E-state index is 0.0471. The van der Waals surface area contributed by atoms with E-state index in [9.17, 15) is 39.0 Å². The van der Waals surface area contributed by atoms with Gasteiger partial charge < -0.3 is 43.4 Å². The van der Waals surface area contributed by atoms with Crippen LogP contribution in [-0.2, 0) is 28.8 Å². The van der Waals surface area contributed by atoms with E-state index in [4.69, 9.17) is 17.2 Å². The van der Waals surface area contributed by atoms with E-state index in [2.05, 4.69) is 28.6 Å². The van der Waals surface area contributed by atoms with Crippen molar-refractivity contribution in [2.24, 2.45) is 17.2 Å². The number of hydrogen-bond donors (Lipinski definition) is 9. The second kappa shape index (κ2) is 13.4. The zero-order valence-electron chi connectivity index (χ0n) is 16.7. The third-order valence-corrected chi connectivity index (χ3v) is 4.32. The van der Waals surface area contributed by atoms with E-state index in [0.29, 0.717) is 0 Å². The van der Waals surface area contributed by atoms with Gasteiger partial charge in [0.05, 0.1) is 18.6 Å². The number of primary amides is 2. The average molecular weight is 465 g/mol. The van der Waals surface area contributed by atoms with Gasteiger partial charge in [0.2, 0.25) is 29.5 Å². The first kappa shape index (κ1) is 28.1. The average Bonchev–Trinajstić information content (AvgIpc) is 2.66. The van der Waals surface area contributed by atoms with Gasteiger partial charge in [0, 0.05) is 12.2 Å². The van der Waals surface area contributed by atoms with Crippen LogP contribution in [0.2, 0.25) is 0 Å². The summed E-state index contributed by atoms with van der Waals surface area (Å²) in [6.07, 6.45) is -2.81. The molecule has 0 aliphatic rings. The summed E-state index contributed by atoms with van der Waals surface area (Å²) in [7, 11) is 0. The first-order valence-corrected chi connectivity index (χ1v) is 9.68. The maximum atomic E-state index is 12.5. The molecule has 0 aromatic carbocycles. The molecule has 5 unspecified atom stereocenters. The van der Waals surface area contributed by atoms with Crippen molar-refractivity contribution in [3.8, 4) is 0 Å². The first-order chi connectivity index (χ1) is 14.3. The predicted octanol–water partition coefficient (Wildman–Crippen LogP) is -4.70. The van der Waals surface area contributed by atoms with Gasteiger partial charge in [-0.1, -0.05) is 0 Å². The van der Waals surface area contributed by atoms with Gasteiger partial charge in [-0.3, -0.25) is 24.0 Å². The number of aliphatic carboxylic acids is 1. The van der Waals surface area contributed by atoms with Crippen LogP contribution in [0, 0.1) is 0 Å². The summed E-state index contributed by atoms with van der Waals surface area (Å²) in [4.78, 5) is 70.3. The smallest absolute Gasteiger partial charge is 0.326 e. The molecule has 176 valence electrons. The second-order valence-corrected chi connectivity index (χ2v) is 7.02. The van der Waals surface area contributed by atoms with Crippen molar-refractivity contribution in [3.05, 3.63) is 0 Å². The van der Waals surface area contributed by atoms with E-state index in [-0.39, 0.29) is 18.6 Å². The quantitative estimate of drug-likeness (QED) is 0.112. The fourth-order valence-electron chi connectivity index (χ4n) is 2.24. The molecule has 15 heteroatoms. The number of carboxylic acid groups (broad SMARTS) is 1. The molecule has 0 aliphatic heterocycles. The van der Waals surface area contributed by atoms with E-state index in [1.807, 2.05) is 0 Å². The topological polar surface area (TPSA) is 257 Å². The van der Waals surface area contributed by atoms with Gasteiger partial charge in [0.25, 0.3) is 0 Å². The zero-order chi connectivity index (χ0) is 24.3. The summed E-state index contributed by atoms with van der Waals surface area (Å²) in [6.45, 7) is 1.18. The number of thiol groups is 1. The lowest BCUT2D eigenvalue weighted by Gasteiger charge is -2.25. The lowest BCUT2D eigenvalue weighted by Crippen LogP contribution is -2.60. The van der Waals surface area contributed by atoms with Gasteiger partial charge in [-0.25, -0.2) is 4.79 Å². The van der Waals surface area contributed by atoms with Gasteiger partial charge in [-0.05, 0) is 13.3 Å². The van der Waals surface area contributed by atoms with E-state index in [1.165, 1.54) is 6.92 Å². The Kier molecular flexibility index (Phi) is 12.1. The maximum Gasteiger partial charge on any atom is 0.326 e. The van der Waals surface area contributed by atoms with Crippen LogP contribution in [0.3, 0.4) is 0 Å². The molecular weight excluding hydrogens is 436 g/mol. The van der Waals surface area contributed by atoms with Crippen LogP contribution in [-0.4, -0.2) is 81.7 Å². The Labute approximate surface area is 183 Å². The molecule has 0 radical (unpaired) electrons. The molecule has 0 aliphatic carbocycles. The van der Waals surface area contributed by atoms with Gasteiger partial charge in [0.15, 0.2) is 0 Å². The van der Waals surface area contributed by atoms with Crippen molar-refractivity contribution in [1.82, 2.24) is 16.0 Å². The lowest BCUT2D eigenvalue weighted by molar-refractivity contribution is -0.143. The summed E-state index contributed by atoms with van der Waals surface area (Å²) in [5.41, 5.74) is 15.5. The molecule has 5 amide bonds. The molecule has 11 N–H and O–H groups in total. The van der Waals surface area contributed by atoms with Crippen LogP contribution in [0.25, 0.3) is 0 Å². The Balaban J connectivity index is 5.43. The zero-order valence-corrected chi connectivity index (χ0v) is 17.6. The minimum Gasteiger partial charge on any atom is -0.480 e. The van der Waals surface area contributed by atoms with Crippen LogP contribution < -0.4 is 33.2 Å². The number of aliphatic hydroxyl groups excluding tert-OH is 1. The standard InChI is InChI=1S/C16H28N6O8S/c1-6(23)12(22-13(26)7(17)5-31)15(28)21-9(4-11(19)25)14(27)20-8(16(29)30)2-3-10(18)24/h6-9,12,23,31H,2-5,17H2,1H3,(H2,18,24)(H2,19,25)(H,20,27)(H,21,28)(H,22,26)(H,29,30). The maximum absolute atomic E-state index is 12.5. The van der Waals surface area contributed by atoms with Crippen molar-refractivity contribution in [2.75, 3.05) is 5.75 Å². The Morgan fingerprint density at radius 1 is 0.903 bits per heavy atom. The molecule has 0 aromatic heterocycles. The molecule has 0 heterocycles. The molecule has 0 bridgehead atoms. The molecule has 14 nitrogen and oxygen atoms in total. The highest BCUT2D eigenvalue weighted by Crippen LogP contribution is 2.03. The van der Waals surface area contributed by atoms with Crippen molar-refractivity contribution in [2.45, 2.75) is 56.5 Å². The SMILES string of the molecule is CC(O)C(NC(=O)C(N)CS)C(=O)NC(CC(N)=O)C(=O)NC(CCC(N)=O)C(=O)O. The third-order valence-electron chi connectivity index (χ3n) is 3.93. The number of rotatable bonds is 14. The number of aliphatic hydroxyl groups is 1. The van der Waals surface area contributed by atoms with Crippen LogP contribution >= 0.6 is 12.6 Å². The summed E-state index contributed by atoms with van der Waals surface area (Å²) in [5, 5.41) is 25.4. The Morgan fingerprint density at radius 3 is 1.87 bits per heavy atom. The van der Waals surface area contributed by atoms with Crippen LogP contribution in [0.5, 0.6) is 0 Å². The summed E-state index contributed by atoms with van der Waals surface area (Å²) >= 11 is 3.85. The van der Waals surface area contributed by atoms with E-state index >= 15 is 0 Å². The number of nitrogens with two attached hydrogens (primary N) is 3. The van der Waals surface area contributed by atoms with Crippen molar-refractivity contribution >= 4 is 48.1 Å². The normalized spacial score (nSPS) is 15.5. The number of carbonyl (C=O) groups excluding carboxylic acids is 5. The molecule has 0 fully saturated rings. The highest BCUT2D eigenvalue weighted by atomic mass is 32.1. The molecule has 0 spiro atoms. The summed E-state index contributed by atoms with van der Waals surface area (Å²) < 4.78 is 0. The Morgan fingerprint density at radius 2 is 1.45 bits per heavy atom. The van der Waals surface area contributed by atoms with Crippen molar-refractivity contribution in [1.29, 1.82) is 0 Å². The van der Waals surface area contributed by atoms with E-state index < -0.39 is 72.2 Å². The number of carbonyl (C=O) groups is 6. The number of nitrogens with one attached hydrogen (secondary N) is 3. The highest BCUT2D eigenvalue weighted by molar-refractivity contribution is 7.80. The number of hydrogen-bond acceptors (Lipinski definition) is 9. The Hall–Kier alpha value is -2.91. The van der Waals surface area contributed by atoms with Gasteiger partial charge in [-0.2, -0.15) is 12.6 Å². The molecule has 0 saturated carbocycles. The summed E-state index contributed by atoms with van der Waals surface area (Å²) in [6, 6.07) is -5.79. The molecule has 0 saturated heterocycles. The van der Waals surface area contributed by atoms with Gasteiger partial charge >= 0.3 is 5.97 Å². The highest BCUT2D eigenvalue weighted by Gasteiger charge is 2.33. The van der Waals surface area contributed by atoms with Crippen molar-refractivity contribution in [3.63, 3.8) is 0 Å². The monoisotopic (exact) mass is 464 g/mol. The number of amides is 5.